The molecular formula is C50H32. The highest BCUT2D eigenvalue weighted by molar-refractivity contribution is 6.27. The Kier molecular flexibility index (Phi) is 6.60. The van der Waals surface area contributed by atoms with Gasteiger partial charge < -0.3 is 0 Å². The molecule has 0 amide bonds. The first-order valence-corrected chi connectivity index (χ1v) is 17.4. The van der Waals surface area contributed by atoms with Crippen molar-refractivity contribution in [2.45, 2.75) is 0 Å². The molecule has 10 rings (SSSR count). The van der Waals surface area contributed by atoms with Gasteiger partial charge in [0.2, 0.25) is 0 Å². The van der Waals surface area contributed by atoms with E-state index in [1.807, 2.05) is 0 Å². The first-order valence-electron chi connectivity index (χ1n) is 17.4. The Morgan fingerprint density at radius 2 is 0.680 bits per heavy atom. The Bertz CT molecular complexity index is 2850. The van der Waals surface area contributed by atoms with Gasteiger partial charge in [-0.2, -0.15) is 0 Å². The maximum Gasteiger partial charge on any atom is -0.00199 e. The molecule has 0 heterocycles. The fourth-order valence-corrected chi connectivity index (χ4v) is 8.23. The maximum atomic E-state index is 2.43. The van der Waals surface area contributed by atoms with E-state index in [9.17, 15) is 0 Å². The maximum absolute atomic E-state index is 2.43. The zero-order chi connectivity index (χ0) is 33.0. The van der Waals surface area contributed by atoms with Gasteiger partial charge in [-0.1, -0.05) is 182 Å². The quantitative estimate of drug-likeness (QED) is 0.134. The predicted octanol–water partition coefficient (Wildman–Crippen LogP) is 14.1. The number of hydrogen-bond donors (Lipinski definition) is 0. The largest absolute Gasteiger partial charge is 0.0622 e. The van der Waals surface area contributed by atoms with Crippen LogP contribution in [0.25, 0.3) is 98.4 Å². The molecule has 0 fully saturated rings. The van der Waals surface area contributed by atoms with Crippen molar-refractivity contribution in [1.29, 1.82) is 0 Å². The van der Waals surface area contributed by atoms with Crippen LogP contribution in [0.2, 0.25) is 0 Å². The van der Waals surface area contributed by atoms with Gasteiger partial charge in [0.05, 0.1) is 0 Å². The summed E-state index contributed by atoms with van der Waals surface area (Å²) in [6.45, 7) is 0. The molecule has 10 aromatic carbocycles. The highest BCUT2D eigenvalue weighted by atomic mass is 14.2. The van der Waals surface area contributed by atoms with Crippen LogP contribution in [0.4, 0.5) is 0 Å². The molecular weight excluding hydrogens is 601 g/mol. The highest BCUT2D eigenvalue weighted by Crippen LogP contribution is 2.48. The lowest BCUT2D eigenvalue weighted by Gasteiger charge is -2.20. The van der Waals surface area contributed by atoms with E-state index in [4.69, 9.17) is 0 Å². The van der Waals surface area contributed by atoms with Crippen molar-refractivity contribution < 1.29 is 0 Å². The van der Waals surface area contributed by atoms with E-state index < -0.39 is 0 Å². The first-order chi connectivity index (χ1) is 24.8. The van der Waals surface area contributed by atoms with Crippen LogP contribution >= 0.6 is 0 Å². The van der Waals surface area contributed by atoms with Crippen LogP contribution in [-0.2, 0) is 0 Å². The average Bonchev–Trinajstić information content (AvgIpc) is 3.20. The monoisotopic (exact) mass is 632 g/mol. The van der Waals surface area contributed by atoms with Crippen LogP contribution in [0.3, 0.4) is 0 Å². The van der Waals surface area contributed by atoms with E-state index in [0.29, 0.717) is 0 Å². The minimum absolute atomic E-state index is 1.23. The van der Waals surface area contributed by atoms with Gasteiger partial charge in [-0.05, 0) is 111 Å². The van der Waals surface area contributed by atoms with Crippen LogP contribution in [0.5, 0.6) is 0 Å². The van der Waals surface area contributed by atoms with E-state index >= 15 is 0 Å². The third-order valence-corrected chi connectivity index (χ3v) is 10.4. The fraction of sp³-hybridized carbons (Fsp3) is 0. The van der Waals surface area contributed by atoms with Crippen molar-refractivity contribution in [3.63, 3.8) is 0 Å². The zero-order valence-corrected chi connectivity index (χ0v) is 27.5. The lowest BCUT2D eigenvalue weighted by atomic mass is 9.83. The Morgan fingerprint density at radius 1 is 0.200 bits per heavy atom. The van der Waals surface area contributed by atoms with Crippen molar-refractivity contribution >= 4 is 53.9 Å². The topological polar surface area (TPSA) is 0 Å². The molecule has 0 saturated heterocycles. The fourth-order valence-electron chi connectivity index (χ4n) is 8.23. The van der Waals surface area contributed by atoms with Crippen LogP contribution in [0.1, 0.15) is 0 Å². The molecule has 0 aromatic heterocycles. The molecule has 0 aliphatic heterocycles. The van der Waals surface area contributed by atoms with Crippen LogP contribution in [-0.4, -0.2) is 0 Å². The highest BCUT2D eigenvalue weighted by Gasteiger charge is 2.20. The summed E-state index contributed by atoms with van der Waals surface area (Å²) in [5.41, 5.74) is 10.1. The van der Waals surface area contributed by atoms with Crippen LogP contribution in [0.15, 0.2) is 194 Å². The molecule has 10 aromatic rings. The Morgan fingerprint density at radius 3 is 1.36 bits per heavy atom. The Labute approximate surface area is 291 Å². The average molecular weight is 633 g/mol. The third-order valence-electron chi connectivity index (χ3n) is 10.4. The molecule has 50 heavy (non-hydrogen) atoms. The zero-order valence-electron chi connectivity index (χ0n) is 27.5. The molecule has 0 atom stereocenters. The Balaban J connectivity index is 1.26. The van der Waals surface area contributed by atoms with Gasteiger partial charge in [0.1, 0.15) is 0 Å². The van der Waals surface area contributed by atoms with Crippen molar-refractivity contribution in [3.8, 4) is 44.5 Å². The molecule has 0 saturated carbocycles. The van der Waals surface area contributed by atoms with Gasteiger partial charge in [0.25, 0.3) is 0 Å². The molecule has 0 aliphatic carbocycles. The summed E-state index contributed by atoms with van der Waals surface area (Å²) < 4.78 is 0. The summed E-state index contributed by atoms with van der Waals surface area (Å²) in [5.74, 6) is 0. The summed E-state index contributed by atoms with van der Waals surface area (Å²) >= 11 is 0. The van der Waals surface area contributed by atoms with Crippen LogP contribution in [0, 0.1) is 0 Å². The molecule has 0 spiro atoms. The number of fused-ring (bicyclic) bond motifs is 6. The van der Waals surface area contributed by atoms with E-state index in [1.165, 1.54) is 98.4 Å². The number of hydrogen-bond acceptors (Lipinski definition) is 0. The van der Waals surface area contributed by atoms with Gasteiger partial charge in [0.15, 0.2) is 0 Å². The minimum atomic E-state index is 1.23. The first kappa shape index (κ1) is 28.5. The third kappa shape index (κ3) is 4.46. The van der Waals surface area contributed by atoms with E-state index in [2.05, 4.69) is 194 Å². The van der Waals surface area contributed by atoms with Gasteiger partial charge in [0, 0.05) is 0 Å². The molecule has 0 bridgehead atoms. The molecule has 232 valence electrons. The summed E-state index contributed by atoms with van der Waals surface area (Å²) in [6.07, 6.45) is 0. The normalized spacial score (nSPS) is 11.6. The summed E-state index contributed by atoms with van der Waals surface area (Å²) in [5, 5.41) is 12.7. The summed E-state index contributed by atoms with van der Waals surface area (Å²) in [6, 6.07) is 71.3. The number of benzene rings is 10. The molecule has 0 aliphatic rings. The van der Waals surface area contributed by atoms with Gasteiger partial charge >= 0.3 is 0 Å². The summed E-state index contributed by atoms with van der Waals surface area (Å²) in [4.78, 5) is 0. The minimum Gasteiger partial charge on any atom is -0.0622 e. The van der Waals surface area contributed by atoms with Gasteiger partial charge in [-0.3, -0.25) is 0 Å². The summed E-state index contributed by atoms with van der Waals surface area (Å²) in [7, 11) is 0. The second kappa shape index (κ2) is 11.6. The second-order valence-corrected chi connectivity index (χ2v) is 13.2. The van der Waals surface area contributed by atoms with E-state index in [-0.39, 0.29) is 0 Å². The van der Waals surface area contributed by atoms with Crippen LogP contribution < -0.4 is 0 Å². The number of rotatable bonds is 4. The Hall–Kier alpha value is -6.50. The standard InChI is InChI=1S/C50H32/c1-2-15-33(16-3-1)37-19-6-7-21-39(37)35-29-30-36-32-48(41-23-9-8-22-40(41)47(36)31-35)50-45-26-12-10-24-43(45)49(44-25-11-13-27-46(44)50)42-28-14-18-34-17-4-5-20-38(34)42/h1-32H. The molecule has 0 heteroatoms. The SMILES string of the molecule is c1ccc(-c2ccccc2-c2ccc3cc(-c4c5ccccc5c(-c5cccc6ccccc56)c5ccccc45)c4ccccc4c3c2)cc1. The molecule has 0 nitrogen and oxygen atoms in total. The lowest BCUT2D eigenvalue weighted by molar-refractivity contribution is 1.59. The van der Waals surface area contributed by atoms with Crippen molar-refractivity contribution in [2.24, 2.45) is 0 Å². The predicted molar refractivity (Wildman–Crippen MR) is 216 cm³/mol. The van der Waals surface area contributed by atoms with Crippen molar-refractivity contribution in [2.75, 3.05) is 0 Å². The molecule has 0 N–H and O–H groups in total. The molecule has 0 unspecified atom stereocenters. The van der Waals surface area contributed by atoms with Gasteiger partial charge in [-0.15, -0.1) is 0 Å². The van der Waals surface area contributed by atoms with Crippen molar-refractivity contribution in [3.05, 3.63) is 194 Å². The van der Waals surface area contributed by atoms with E-state index in [1.54, 1.807) is 0 Å². The second-order valence-electron chi connectivity index (χ2n) is 13.2. The van der Waals surface area contributed by atoms with E-state index in [0.717, 1.165) is 0 Å². The lowest BCUT2D eigenvalue weighted by Crippen LogP contribution is -1.93. The van der Waals surface area contributed by atoms with Crippen molar-refractivity contribution in [1.82, 2.24) is 0 Å². The molecule has 0 radical (unpaired) electrons. The van der Waals surface area contributed by atoms with Gasteiger partial charge in [-0.25, -0.2) is 0 Å². The smallest absolute Gasteiger partial charge is 0.00199 e.